The van der Waals surface area contributed by atoms with E-state index >= 15 is 0 Å². The molecule has 1 aliphatic carbocycles. The van der Waals surface area contributed by atoms with Crippen molar-refractivity contribution >= 4 is 11.9 Å². The Morgan fingerprint density at radius 1 is 1.35 bits per heavy atom. The summed E-state index contributed by atoms with van der Waals surface area (Å²) in [5, 5.41) is 9.16. The molecule has 0 unspecified atom stereocenters. The van der Waals surface area contributed by atoms with Gasteiger partial charge in [0, 0.05) is 13.1 Å². The first-order valence-corrected chi connectivity index (χ1v) is 5.37. The molecule has 2 atom stereocenters. The van der Waals surface area contributed by atoms with Crippen LogP contribution in [-0.2, 0) is 9.59 Å². The topological polar surface area (TPSA) is 57.6 Å². The number of hydrogen-bond acceptors (Lipinski definition) is 2. The molecule has 7 heteroatoms. The van der Waals surface area contributed by atoms with E-state index in [0.717, 1.165) is 0 Å². The van der Waals surface area contributed by atoms with Crippen molar-refractivity contribution in [2.75, 3.05) is 13.1 Å². The number of alkyl halides is 3. The van der Waals surface area contributed by atoms with Gasteiger partial charge in [0.15, 0.2) is 0 Å². The first-order valence-electron chi connectivity index (χ1n) is 5.37. The predicted octanol–water partition coefficient (Wildman–Crippen LogP) is 1.26. The summed E-state index contributed by atoms with van der Waals surface area (Å²) in [6.45, 7) is -0.407. The Balaban J connectivity index is 2.19. The molecule has 2 fully saturated rings. The Kier molecular flexibility index (Phi) is 2.59. The van der Waals surface area contributed by atoms with Crippen LogP contribution in [0.5, 0.6) is 0 Å². The number of amides is 1. The van der Waals surface area contributed by atoms with E-state index in [-0.39, 0.29) is 19.0 Å². The lowest BCUT2D eigenvalue weighted by Gasteiger charge is -2.23. The van der Waals surface area contributed by atoms with Crippen LogP contribution in [-0.4, -0.2) is 41.1 Å². The van der Waals surface area contributed by atoms with Gasteiger partial charge < -0.3 is 10.0 Å². The minimum Gasteiger partial charge on any atom is -0.481 e. The molecule has 0 bridgehead atoms. The molecular formula is C10H12F3NO3. The maximum Gasteiger partial charge on any atom is 0.471 e. The van der Waals surface area contributed by atoms with E-state index in [9.17, 15) is 22.8 Å². The van der Waals surface area contributed by atoms with Gasteiger partial charge >= 0.3 is 18.1 Å². The SMILES string of the molecule is O=C(N1C[C@@H]2CCC[C@]2(C(=O)O)C1)C(F)(F)F. The second kappa shape index (κ2) is 3.61. The summed E-state index contributed by atoms with van der Waals surface area (Å²) < 4.78 is 36.8. The molecule has 96 valence electrons. The highest BCUT2D eigenvalue weighted by Gasteiger charge is 2.58. The van der Waals surface area contributed by atoms with Gasteiger partial charge in [0.25, 0.3) is 0 Å². The number of carboxylic acids is 1. The van der Waals surface area contributed by atoms with Crippen molar-refractivity contribution in [1.29, 1.82) is 0 Å². The van der Waals surface area contributed by atoms with E-state index in [2.05, 4.69) is 0 Å². The molecule has 0 aromatic heterocycles. The van der Waals surface area contributed by atoms with Gasteiger partial charge in [-0.25, -0.2) is 0 Å². The summed E-state index contributed by atoms with van der Waals surface area (Å²) in [6.07, 6.45) is -3.29. The van der Waals surface area contributed by atoms with Crippen LogP contribution in [0.2, 0.25) is 0 Å². The number of halogens is 3. The van der Waals surface area contributed by atoms with Crippen LogP contribution in [0.3, 0.4) is 0 Å². The summed E-state index contributed by atoms with van der Waals surface area (Å²) in [4.78, 5) is 22.9. The molecule has 1 N–H and O–H groups in total. The summed E-state index contributed by atoms with van der Waals surface area (Å²) in [7, 11) is 0. The number of nitrogens with zero attached hydrogens (tertiary/aromatic N) is 1. The van der Waals surface area contributed by atoms with Crippen molar-refractivity contribution in [2.24, 2.45) is 11.3 Å². The fourth-order valence-corrected chi connectivity index (χ4v) is 2.97. The van der Waals surface area contributed by atoms with E-state index < -0.39 is 23.5 Å². The molecule has 4 nitrogen and oxygen atoms in total. The zero-order valence-electron chi connectivity index (χ0n) is 8.96. The molecule has 2 rings (SSSR count). The van der Waals surface area contributed by atoms with Gasteiger partial charge in [0.2, 0.25) is 0 Å². The van der Waals surface area contributed by atoms with Crippen LogP contribution >= 0.6 is 0 Å². The number of carbonyl (C=O) groups excluding carboxylic acids is 1. The van der Waals surface area contributed by atoms with Gasteiger partial charge in [-0.2, -0.15) is 13.2 Å². The molecule has 1 saturated heterocycles. The number of rotatable bonds is 1. The van der Waals surface area contributed by atoms with E-state index in [1.54, 1.807) is 0 Å². The van der Waals surface area contributed by atoms with Gasteiger partial charge in [0.05, 0.1) is 5.41 Å². The van der Waals surface area contributed by atoms with E-state index in [1.807, 2.05) is 0 Å². The highest BCUT2D eigenvalue weighted by atomic mass is 19.4. The third-order valence-corrected chi connectivity index (χ3v) is 3.83. The Hall–Kier alpha value is -1.27. The largest absolute Gasteiger partial charge is 0.481 e. The predicted molar refractivity (Wildman–Crippen MR) is 50.0 cm³/mol. The molecule has 17 heavy (non-hydrogen) atoms. The second-order valence-electron chi connectivity index (χ2n) is 4.73. The zero-order chi connectivity index (χ0) is 12.8. The summed E-state index contributed by atoms with van der Waals surface area (Å²) in [5.74, 6) is -3.35. The number of likely N-dealkylation sites (tertiary alicyclic amines) is 1. The van der Waals surface area contributed by atoms with Crippen LogP contribution in [0, 0.1) is 11.3 Å². The Labute approximate surface area is 95.4 Å². The van der Waals surface area contributed by atoms with Crippen LogP contribution in [0.4, 0.5) is 13.2 Å². The van der Waals surface area contributed by atoms with Crippen molar-refractivity contribution < 1.29 is 27.9 Å². The van der Waals surface area contributed by atoms with Crippen LogP contribution in [0.15, 0.2) is 0 Å². The Morgan fingerprint density at radius 3 is 2.47 bits per heavy atom. The lowest BCUT2D eigenvalue weighted by atomic mass is 9.81. The molecule has 2 aliphatic rings. The number of carboxylic acid groups (broad SMARTS) is 1. The van der Waals surface area contributed by atoms with Gasteiger partial charge in [-0.05, 0) is 18.8 Å². The highest BCUT2D eigenvalue weighted by molar-refractivity contribution is 5.84. The third-order valence-electron chi connectivity index (χ3n) is 3.83. The standard InChI is InChI=1S/C10H12F3NO3/c11-10(12,13)7(15)14-4-6-2-1-3-9(6,5-14)8(16)17/h6H,1-5H2,(H,16,17)/t6-,9-/m0/s1. The molecule has 0 aromatic carbocycles. The highest BCUT2D eigenvalue weighted by Crippen LogP contribution is 2.49. The molecule has 1 saturated carbocycles. The first kappa shape index (κ1) is 12.2. The Morgan fingerprint density at radius 2 is 2.00 bits per heavy atom. The van der Waals surface area contributed by atoms with E-state index in [0.29, 0.717) is 24.2 Å². The minimum atomic E-state index is -4.92. The summed E-state index contributed by atoms with van der Waals surface area (Å²) in [6, 6.07) is 0. The van der Waals surface area contributed by atoms with Crippen molar-refractivity contribution in [3.8, 4) is 0 Å². The average Bonchev–Trinajstić information content (AvgIpc) is 2.70. The van der Waals surface area contributed by atoms with Crippen LogP contribution in [0.1, 0.15) is 19.3 Å². The molecule has 1 amide bonds. The van der Waals surface area contributed by atoms with Gasteiger partial charge in [0.1, 0.15) is 0 Å². The fraction of sp³-hybridized carbons (Fsp3) is 0.800. The lowest BCUT2D eigenvalue weighted by Crippen LogP contribution is -2.42. The van der Waals surface area contributed by atoms with E-state index in [4.69, 9.17) is 5.11 Å². The quantitative estimate of drug-likeness (QED) is 0.763. The van der Waals surface area contributed by atoms with E-state index in [1.165, 1.54) is 0 Å². The van der Waals surface area contributed by atoms with Crippen molar-refractivity contribution in [3.05, 3.63) is 0 Å². The van der Waals surface area contributed by atoms with Gasteiger partial charge in [-0.15, -0.1) is 0 Å². The number of fused-ring (bicyclic) bond motifs is 1. The van der Waals surface area contributed by atoms with Gasteiger partial charge in [-0.3, -0.25) is 9.59 Å². The summed E-state index contributed by atoms with van der Waals surface area (Å²) >= 11 is 0. The smallest absolute Gasteiger partial charge is 0.471 e. The zero-order valence-corrected chi connectivity index (χ0v) is 8.96. The maximum absolute atomic E-state index is 12.3. The minimum absolute atomic E-state index is 0.0926. The third kappa shape index (κ3) is 1.77. The molecule has 0 spiro atoms. The average molecular weight is 251 g/mol. The monoisotopic (exact) mass is 251 g/mol. The van der Waals surface area contributed by atoms with Crippen LogP contribution < -0.4 is 0 Å². The Bertz CT molecular complexity index is 368. The van der Waals surface area contributed by atoms with Gasteiger partial charge in [-0.1, -0.05) is 6.42 Å². The molecule has 1 aliphatic heterocycles. The molecule has 1 heterocycles. The second-order valence-corrected chi connectivity index (χ2v) is 4.73. The first-order chi connectivity index (χ1) is 7.77. The van der Waals surface area contributed by atoms with Crippen molar-refractivity contribution in [3.63, 3.8) is 0 Å². The number of aliphatic carboxylic acids is 1. The number of hydrogen-bond donors (Lipinski definition) is 1. The lowest BCUT2D eigenvalue weighted by molar-refractivity contribution is -0.185. The normalized spacial score (nSPS) is 32.6. The molecule has 0 aromatic rings. The molecule has 0 radical (unpaired) electrons. The molecular weight excluding hydrogens is 239 g/mol. The fourth-order valence-electron chi connectivity index (χ4n) is 2.97. The summed E-state index contributed by atoms with van der Waals surface area (Å²) in [5.41, 5.74) is -1.15. The van der Waals surface area contributed by atoms with Crippen molar-refractivity contribution in [1.82, 2.24) is 4.90 Å². The van der Waals surface area contributed by atoms with Crippen molar-refractivity contribution in [2.45, 2.75) is 25.4 Å². The maximum atomic E-state index is 12.3. The van der Waals surface area contributed by atoms with Crippen LogP contribution in [0.25, 0.3) is 0 Å². The number of carbonyl (C=O) groups is 2.